The average molecular weight is 276 g/mol. The van der Waals surface area contributed by atoms with Crippen molar-refractivity contribution in [1.82, 2.24) is 10.2 Å². The first-order chi connectivity index (χ1) is 9.59. The van der Waals surface area contributed by atoms with Crippen molar-refractivity contribution in [3.63, 3.8) is 0 Å². The molecule has 0 amide bonds. The molecular formula is C17H28N2O. The predicted molar refractivity (Wildman–Crippen MR) is 84.2 cm³/mol. The van der Waals surface area contributed by atoms with Crippen molar-refractivity contribution in [2.24, 2.45) is 0 Å². The van der Waals surface area contributed by atoms with Crippen molar-refractivity contribution in [2.75, 3.05) is 39.4 Å². The van der Waals surface area contributed by atoms with E-state index in [1.807, 2.05) is 0 Å². The molecule has 1 aliphatic heterocycles. The molecule has 3 heteroatoms. The summed E-state index contributed by atoms with van der Waals surface area (Å²) in [5.74, 6) is 0.552. The third kappa shape index (κ3) is 4.30. The smallest absolute Gasteiger partial charge is 0.0594 e. The monoisotopic (exact) mass is 276 g/mol. The molecular weight excluding hydrogens is 248 g/mol. The highest BCUT2D eigenvalue weighted by atomic mass is 16.5. The summed E-state index contributed by atoms with van der Waals surface area (Å²) in [4.78, 5) is 2.52. The van der Waals surface area contributed by atoms with Crippen molar-refractivity contribution in [3.05, 3.63) is 35.9 Å². The molecule has 112 valence electrons. The van der Waals surface area contributed by atoms with Crippen LogP contribution in [0, 0.1) is 0 Å². The van der Waals surface area contributed by atoms with Crippen LogP contribution in [-0.4, -0.2) is 49.8 Å². The fourth-order valence-electron chi connectivity index (χ4n) is 2.77. The van der Waals surface area contributed by atoms with Crippen LogP contribution < -0.4 is 5.32 Å². The SMILES string of the molecule is CC(CNCC(C)(C)N1CCOCC1)c1ccccc1. The summed E-state index contributed by atoms with van der Waals surface area (Å²) in [5, 5.41) is 3.64. The standard InChI is InChI=1S/C17H28N2O/c1-15(16-7-5-4-6-8-16)13-18-14-17(2,3)19-9-11-20-12-10-19/h4-8,15,18H,9-14H2,1-3H3. The second-order valence-corrected chi connectivity index (χ2v) is 6.35. The number of benzene rings is 1. The number of hydrogen-bond acceptors (Lipinski definition) is 3. The van der Waals surface area contributed by atoms with Gasteiger partial charge in [-0.05, 0) is 25.3 Å². The van der Waals surface area contributed by atoms with Crippen LogP contribution in [0.4, 0.5) is 0 Å². The van der Waals surface area contributed by atoms with Crippen molar-refractivity contribution >= 4 is 0 Å². The Labute approximate surface area is 123 Å². The third-order valence-corrected chi connectivity index (χ3v) is 4.24. The van der Waals surface area contributed by atoms with Crippen LogP contribution in [0.3, 0.4) is 0 Å². The van der Waals surface area contributed by atoms with Gasteiger partial charge in [0, 0.05) is 31.7 Å². The lowest BCUT2D eigenvalue weighted by Gasteiger charge is -2.41. The minimum atomic E-state index is 0.195. The van der Waals surface area contributed by atoms with E-state index >= 15 is 0 Å². The van der Waals surface area contributed by atoms with Gasteiger partial charge in [-0.2, -0.15) is 0 Å². The molecule has 20 heavy (non-hydrogen) atoms. The largest absolute Gasteiger partial charge is 0.379 e. The second-order valence-electron chi connectivity index (χ2n) is 6.35. The Balaban J connectivity index is 1.77. The molecule has 0 spiro atoms. The summed E-state index contributed by atoms with van der Waals surface area (Å²) in [5.41, 5.74) is 1.60. The molecule has 1 aliphatic rings. The predicted octanol–water partition coefficient (Wildman–Crippen LogP) is 2.49. The van der Waals surface area contributed by atoms with Crippen LogP contribution in [0.2, 0.25) is 0 Å². The number of nitrogens with one attached hydrogen (secondary N) is 1. The zero-order valence-electron chi connectivity index (χ0n) is 13.1. The van der Waals surface area contributed by atoms with Gasteiger partial charge in [0.2, 0.25) is 0 Å². The Morgan fingerprint density at radius 1 is 1.20 bits per heavy atom. The van der Waals surface area contributed by atoms with Crippen LogP contribution in [0.25, 0.3) is 0 Å². The van der Waals surface area contributed by atoms with Gasteiger partial charge in [0.15, 0.2) is 0 Å². The van der Waals surface area contributed by atoms with Crippen LogP contribution >= 0.6 is 0 Å². The van der Waals surface area contributed by atoms with E-state index in [0.717, 1.165) is 39.4 Å². The van der Waals surface area contributed by atoms with E-state index in [9.17, 15) is 0 Å². The lowest BCUT2D eigenvalue weighted by Crippen LogP contribution is -2.54. The maximum Gasteiger partial charge on any atom is 0.0594 e. The Morgan fingerprint density at radius 2 is 1.85 bits per heavy atom. The molecule has 3 nitrogen and oxygen atoms in total. The fraction of sp³-hybridized carbons (Fsp3) is 0.647. The van der Waals surface area contributed by atoms with Gasteiger partial charge in [0.25, 0.3) is 0 Å². The summed E-state index contributed by atoms with van der Waals surface area (Å²) >= 11 is 0. The van der Waals surface area contributed by atoms with Crippen molar-refractivity contribution < 1.29 is 4.74 Å². The van der Waals surface area contributed by atoms with Gasteiger partial charge in [-0.3, -0.25) is 4.90 Å². The lowest BCUT2D eigenvalue weighted by molar-refractivity contribution is -0.00959. The molecule has 0 aliphatic carbocycles. The normalized spacial score (nSPS) is 18.9. The van der Waals surface area contributed by atoms with Crippen molar-refractivity contribution in [2.45, 2.75) is 32.2 Å². The minimum absolute atomic E-state index is 0.195. The maximum atomic E-state index is 5.43. The quantitative estimate of drug-likeness (QED) is 0.864. The van der Waals surface area contributed by atoms with Gasteiger partial charge in [-0.15, -0.1) is 0 Å². The first-order valence-corrected chi connectivity index (χ1v) is 7.68. The Bertz CT molecular complexity index is 385. The Hall–Kier alpha value is -0.900. The first-order valence-electron chi connectivity index (χ1n) is 7.68. The highest BCUT2D eigenvalue weighted by molar-refractivity contribution is 5.18. The molecule has 1 aromatic carbocycles. The molecule has 1 heterocycles. The van der Waals surface area contributed by atoms with Crippen LogP contribution in [0.5, 0.6) is 0 Å². The van der Waals surface area contributed by atoms with E-state index in [2.05, 4.69) is 61.3 Å². The Morgan fingerprint density at radius 3 is 2.50 bits per heavy atom. The van der Waals surface area contributed by atoms with E-state index in [0.29, 0.717) is 5.92 Å². The zero-order chi connectivity index (χ0) is 14.4. The Kier molecular flexibility index (Phi) is 5.58. The molecule has 1 saturated heterocycles. The van der Waals surface area contributed by atoms with Gasteiger partial charge in [-0.1, -0.05) is 37.3 Å². The van der Waals surface area contributed by atoms with Crippen LogP contribution in [0.15, 0.2) is 30.3 Å². The molecule has 1 unspecified atom stereocenters. The molecule has 1 aromatic rings. The number of rotatable bonds is 6. The first kappa shape index (κ1) is 15.5. The molecule has 2 rings (SSSR count). The van der Waals surface area contributed by atoms with Gasteiger partial charge < -0.3 is 10.1 Å². The fourth-order valence-corrected chi connectivity index (χ4v) is 2.77. The van der Waals surface area contributed by atoms with Crippen molar-refractivity contribution in [1.29, 1.82) is 0 Å². The van der Waals surface area contributed by atoms with E-state index < -0.39 is 0 Å². The third-order valence-electron chi connectivity index (χ3n) is 4.24. The summed E-state index contributed by atoms with van der Waals surface area (Å²) in [6, 6.07) is 10.7. The van der Waals surface area contributed by atoms with E-state index in [1.54, 1.807) is 0 Å². The number of hydrogen-bond donors (Lipinski definition) is 1. The lowest BCUT2D eigenvalue weighted by atomic mass is 9.99. The van der Waals surface area contributed by atoms with E-state index in [4.69, 9.17) is 4.74 Å². The summed E-state index contributed by atoms with van der Waals surface area (Å²) in [6.45, 7) is 12.8. The van der Waals surface area contributed by atoms with E-state index in [1.165, 1.54) is 5.56 Å². The highest BCUT2D eigenvalue weighted by Gasteiger charge is 2.27. The second kappa shape index (κ2) is 7.21. The molecule has 1 atom stereocenters. The highest BCUT2D eigenvalue weighted by Crippen LogP contribution is 2.17. The summed E-state index contributed by atoms with van der Waals surface area (Å²) < 4.78 is 5.43. The minimum Gasteiger partial charge on any atom is -0.379 e. The van der Waals surface area contributed by atoms with Gasteiger partial charge in [0.05, 0.1) is 13.2 Å². The molecule has 0 bridgehead atoms. The van der Waals surface area contributed by atoms with Gasteiger partial charge in [0.1, 0.15) is 0 Å². The maximum absolute atomic E-state index is 5.43. The molecule has 1 fully saturated rings. The molecule has 0 aromatic heterocycles. The number of nitrogens with zero attached hydrogens (tertiary/aromatic N) is 1. The topological polar surface area (TPSA) is 24.5 Å². The van der Waals surface area contributed by atoms with Crippen molar-refractivity contribution in [3.8, 4) is 0 Å². The van der Waals surface area contributed by atoms with E-state index in [-0.39, 0.29) is 5.54 Å². The number of morpholine rings is 1. The zero-order valence-corrected chi connectivity index (χ0v) is 13.1. The average Bonchev–Trinajstić information content (AvgIpc) is 2.49. The van der Waals surface area contributed by atoms with Gasteiger partial charge >= 0.3 is 0 Å². The molecule has 1 N–H and O–H groups in total. The van der Waals surface area contributed by atoms with Gasteiger partial charge in [-0.25, -0.2) is 0 Å². The molecule has 0 saturated carbocycles. The summed E-state index contributed by atoms with van der Waals surface area (Å²) in [7, 11) is 0. The van der Waals surface area contributed by atoms with Crippen LogP contribution in [0.1, 0.15) is 32.3 Å². The van der Waals surface area contributed by atoms with Crippen LogP contribution in [-0.2, 0) is 4.74 Å². The molecule has 0 radical (unpaired) electrons. The summed E-state index contributed by atoms with van der Waals surface area (Å²) in [6.07, 6.45) is 0. The number of ether oxygens (including phenoxy) is 1.